The number of hydrogen-bond donors (Lipinski definition) is 1. The smallest absolute Gasteiger partial charge is 0.174 e. The van der Waals surface area contributed by atoms with E-state index in [1.807, 2.05) is 60.7 Å². The number of benzene rings is 2. The topological polar surface area (TPSA) is 42.3 Å². The summed E-state index contributed by atoms with van der Waals surface area (Å²) in [5.41, 5.74) is 6.01. The minimum Gasteiger partial charge on any atom is -0.495 e. The minimum atomic E-state index is -0.163. The third kappa shape index (κ3) is 4.16. The lowest BCUT2D eigenvalue weighted by Gasteiger charge is -2.28. The average molecular weight is 523 g/mol. The number of rotatable bonds is 5. The molecule has 1 fully saturated rings. The molecule has 0 amide bonds. The van der Waals surface area contributed by atoms with Crippen molar-refractivity contribution in [3.05, 3.63) is 106 Å². The van der Waals surface area contributed by atoms with E-state index in [1.165, 1.54) is 0 Å². The lowest BCUT2D eigenvalue weighted by atomic mass is 9.96. The van der Waals surface area contributed by atoms with Crippen LogP contribution in [0.25, 0.3) is 5.69 Å². The summed E-state index contributed by atoms with van der Waals surface area (Å²) in [6, 6.07) is 21.4. The Kier molecular flexibility index (Phi) is 6.45. The number of methoxy groups -OCH3 is 1. The first kappa shape index (κ1) is 23.7. The Morgan fingerprint density at radius 3 is 2.43 bits per heavy atom. The molecule has 0 spiro atoms. The average Bonchev–Trinajstić information content (AvgIpc) is 3.35. The maximum absolute atomic E-state index is 6.59. The molecule has 5 nitrogen and oxygen atoms in total. The Morgan fingerprint density at radius 2 is 1.74 bits per heavy atom. The lowest BCUT2D eigenvalue weighted by Crippen LogP contribution is -2.29. The summed E-state index contributed by atoms with van der Waals surface area (Å²) in [5, 5.41) is 5.33. The Labute approximate surface area is 220 Å². The molecule has 0 radical (unpaired) electrons. The van der Waals surface area contributed by atoms with Gasteiger partial charge in [-0.15, -0.1) is 0 Å². The number of pyridine rings is 1. The molecule has 1 saturated heterocycles. The zero-order chi connectivity index (χ0) is 24.7. The number of para-hydroxylation sites is 1. The summed E-state index contributed by atoms with van der Waals surface area (Å²) in [6.07, 6.45) is 1.80. The predicted octanol–water partition coefficient (Wildman–Crippen LogP) is 6.98. The molecule has 178 valence electrons. The highest BCUT2D eigenvalue weighted by Crippen LogP contribution is 2.45. The summed E-state index contributed by atoms with van der Waals surface area (Å²) in [6.45, 7) is 4.20. The molecular weight excluding hydrogens is 499 g/mol. The number of ether oxygens (including phenoxy) is 1. The van der Waals surface area contributed by atoms with Crippen LogP contribution in [0.3, 0.4) is 0 Å². The summed E-state index contributed by atoms with van der Waals surface area (Å²) in [5.74, 6) is 0.614. The monoisotopic (exact) mass is 522 g/mol. The zero-order valence-electron chi connectivity index (χ0n) is 19.5. The van der Waals surface area contributed by atoms with Gasteiger partial charge in [0.25, 0.3) is 0 Å². The van der Waals surface area contributed by atoms with Crippen molar-refractivity contribution in [2.24, 2.45) is 0 Å². The van der Waals surface area contributed by atoms with Crippen LogP contribution in [0, 0.1) is 13.8 Å². The van der Waals surface area contributed by atoms with E-state index >= 15 is 0 Å². The highest BCUT2D eigenvalue weighted by molar-refractivity contribution is 7.80. The molecule has 1 aliphatic rings. The van der Waals surface area contributed by atoms with Crippen LogP contribution in [0.1, 0.15) is 34.7 Å². The van der Waals surface area contributed by atoms with Crippen LogP contribution in [0.4, 0.5) is 5.69 Å². The van der Waals surface area contributed by atoms with Crippen LogP contribution in [0.2, 0.25) is 10.0 Å². The first-order valence-corrected chi connectivity index (χ1v) is 12.3. The van der Waals surface area contributed by atoms with Gasteiger partial charge in [-0.2, -0.15) is 0 Å². The van der Waals surface area contributed by atoms with E-state index in [9.17, 15) is 0 Å². The van der Waals surface area contributed by atoms with Crippen LogP contribution in [0.15, 0.2) is 72.9 Å². The van der Waals surface area contributed by atoms with Gasteiger partial charge in [0, 0.05) is 23.3 Å². The standard InChI is InChI=1S/C27H24Cl2N4OS/c1-16-14-19(17(2)32(16)23-10-5-4-8-20(23)28)26-25(22-9-6-7-13-30-22)31-27(35)33(26)18-11-12-24(34-3)21(29)15-18/h4-15,25-26H,1-3H3,(H,31,35)/t25-,26-/m1/s1. The van der Waals surface area contributed by atoms with Crippen molar-refractivity contribution in [2.45, 2.75) is 25.9 Å². The van der Waals surface area contributed by atoms with E-state index < -0.39 is 0 Å². The fourth-order valence-corrected chi connectivity index (χ4v) is 5.66. The lowest BCUT2D eigenvalue weighted by molar-refractivity contribution is 0.415. The Balaban J connectivity index is 1.69. The quantitative estimate of drug-likeness (QED) is 0.286. The molecular formula is C27H24Cl2N4OS. The predicted molar refractivity (Wildman–Crippen MR) is 146 cm³/mol. The van der Waals surface area contributed by atoms with Crippen LogP contribution in [-0.2, 0) is 0 Å². The number of hydrogen-bond acceptors (Lipinski definition) is 3. The van der Waals surface area contributed by atoms with Gasteiger partial charge >= 0.3 is 0 Å². The maximum Gasteiger partial charge on any atom is 0.174 e. The summed E-state index contributed by atoms with van der Waals surface area (Å²) >= 11 is 19.0. The molecule has 0 aliphatic carbocycles. The number of anilines is 1. The number of aromatic nitrogens is 2. The molecule has 1 aliphatic heterocycles. The van der Waals surface area contributed by atoms with Crippen molar-refractivity contribution in [2.75, 3.05) is 12.0 Å². The largest absolute Gasteiger partial charge is 0.495 e. The Bertz CT molecular complexity index is 1410. The molecule has 2 atom stereocenters. The Morgan fingerprint density at radius 1 is 0.971 bits per heavy atom. The second-order valence-electron chi connectivity index (χ2n) is 8.43. The van der Waals surface area contributed by atoms with E-state index in [-0.39, 0.29) is 12.1 Å². The number of thiocarbonyl (C=S) groups is 1. The van der Waals surface area contributed by atoms with E-state index in [2.05, 4.69) is 39.7 Å². The van der Waals surface area contributed by atoms with E-state index in [4.69, 9.17) is 40.2 Å². The van der Waals surface area contributed by atoms with E-state index in [1.54, 1.807) is 13.3 Å². The maximum atomic E-state index is 6.59. The molecule has 0 saturated carbocycles. The number of nitrogens with one attached hydrogen (secondary N) is 1. The molecule has 2 aromatic heterocycles. The van der Waals surface area contributed by atoms with Crippen LogP contribution < -0.4 is 15.0 Å². The SMILES string of the molecule is COc1ccc(N2C(=S)N[C@H](c3ccccn3)[C@H]2c2cc(C)n(-c3ccccc3Cl)c2C)cc1Cl. The fourth-order valence-electron chi connectivity index (χ4n) is 4.84. The molecule has 0 bridgehead atoms. The summed E-state index contributed by atoms with van der Waals surface area (Å²) < 4.78 is 7.55. The summed E-state index contributed by atoms with van der Waals surface area (Å²) in [4.78, 5) is 6.76. The van der Waals surface area contributed by atoms with Crippen LogP contribution >= 0.6 is 35.4 Å². The van der Waals surface area contributed by atoms with E-state index in [0.29, 0.717) is 20.9 Å². The highest BCUT2D eigenvalue weighted by atomic mass is 35.5. The van der Waals surface area contributed by atoms with Crippen molar-refractivity contribution >= 4 is 46.2 Å². The molecule has 4 aromatic rings. The molecule has 8 heteroatoms. The number of halogens is 2. The first-order chi connectivity index (χ1) is 16.9. The number of aryl methyl sites for hydroxylation is 1. The fraction of sp³-hybridized carbons (Fsp3) is 0.185. The van der Waals surface area contributed by atoms with Gasteiger partial charge in [0.05, 0.1) is 40.6 Å². The van der Waals surface area contributed by atoms with Crippen molar-refractivity contribution in [3.63, 3.8) is 0 Å². The molecule has 3 heterocycles. The number of nitrogens with zero attached hydrogens (tertiary/aromatic N) is 3. The van der Waals surface area contributed by atoms with E-state index in [0.717, 1.165) is 34.0 Å². The van der Waals surface area contributed by atoms with Gasteiger partial charge in [0.1, 0.15) is 5.75 Å². The van der Waals surface area contributed by atoms with Gasteiger partial charge in [-0.1, -0.05) is 41.4 Å². The third-order valence-electron chi connectivity index (χ3n) is 6.39. The van der Waals surface area contributed by atoms with Gasteiger partial charge in [-0.3, -0.25) is 4.98 Å². The zero-order valence-corrected chi connectivity index (χ0v) is 21.8. The van der Waals surface area contributed by atoms with Gasteiger partial charge in [-0.05, 0) is 80.2 Å². The molecule has 5 rings (SSSR count). The van der Waals surface area contributed by atoms with Gasteiger partial charge in [0.15, 0.2) is 5.11 Å². The van der Waals surface area contributed by atoms with Crippen molar-refractivity contribution in [1.82, 2.24) is 14.9 Å². The van der Waals surface area contributed by atoms with Crippen molar-refractivity contribution < 1.29 is 4.74 Å². The molecule has 0 unspecified atom stereocenters. The van der Waals surface area contributed by atoms with Gasteiger partial charge < -0.3 is 19.5 Å². The Hall–Kier alpha value is -3.06. The first-order valence-electron chi connectivity index (χ1n) is 11.2. The molecule has 35 heavy (non-hydrogen) atoms. The second kappa shape index (κ2) is 9.53. The van der Waals surface area contributed by atoms with Crippen molar-refractivity contribution in [3.8, 4) is 11.4 Å². The van der Waals surface area contributed by atoms with Crippen LogP contribution in [-0.4, -0.2) is 21.8 Å². The summed E-state index contributed by atoms with van der Waals surface area (Å²) in [7, 11) is 1.60. The normalized spacial score (nSPS) is 17.5. The molecule has 2 aromatic carbocycles. The third-order valence-corrected chi connectivity index (χ3v) is 7.32. The second-order valence-corrected chi connectivity index (χ2v) is 9.63. The minimum absolute atomic E-state index is 0.162. The highest BCUT2D eigenvalue weighted by Gasteiger charge is 2.42. The molecule has 1 N–H and O–H groups in total. The van der Waals surface area contributed by atoms with Gasteiger partial charge in [-0.25, -0.2) is 0 Å². The van der Waals surface area contributed by atoms with Crippen molar-refractivity contribution in [1.29, 1.82) is 0 Å². The van der Waals surface area contributed by atoms with Crippen LogP contribution in [0.5, 0.6) is 5.75 Å². The van der Waals surface area contributed by atoms with Gasteiger partial charge in [0.2, 0.25) is 0 Å².